The lowest BCUT2D eigenvalue weighted by Gasteiger charge is -2.02. The Hall–Kier alpha value is -1.82. The van der Waals surface area contributed by atoms with Gasteiger partial charge in [0.1, 0.15) is 0 Å². The zero-order valence-electron chi connectivity index (χ0n) is 7.45. The van der Waals surface area contributed by atoms with Gasteiger partial charge in [0, 0.05) is 24.3 Å². The average molecular weight is 222 g/mol. The van der Waals surface area contributed by atoms with E-state index in [9.17, 15) is 15.3 Å². The van der Waals surface area contributed by atoms with Crippen molar-refractivity contribution in [1.29, 1.82) is 0 Å². The predicted octanol–water partition coefficient (Wildman–Crippen LogP) is 1.67. The first-order valence-electron chi connectivity index (χ1n) is 4.09. The van der Waals surface area contributed by atoms with Crippen LogP contribution in [0.25, 0.3) is 10.9 Å². The third kappa shape index (κ3) is 1.59. The number of fused-ring (bicyclic) bond motifs is 1. The van der Waals surface area contributed by atoms with Crippen LogP contribution < -0.4 is 4.73 Å². The smallest absolute Gasteiger partial charge is 0.270 e. The number of pyridine rings is 1. The van der Waals surface area contributed by atoms with Crippen molar-refractivity contribution in [2.45, 2.75) is 5.03 Å². The molecule has 0 fully saturated rings. The maximum absolute atomic E-state index is 11.5. The minimum atomic E-state index is -0.497. The first kappa shape index (κ1) is 9.72. The van der Waals surface area contributed by atoms with E-state index < -0.39 is 4.92 Å². The highest BCUT2D eigenvalue weighted by Crippen LogP contribution is 2.19. The number of aromatic nitrogens is 1. The molecule has 0 unspecified atom stereocenters. The Morgan fingerprint density at radius 3 is 2.67 bits per heavy atom. The van der Waals surface area contributed by atoms with E-state index >= 15 is 0 Å². The third-order valence-corrected chi connectivity index (χ3v) is 2.39. The Balaban J connectivity index is 2.75. The topological polar surface area (TPSA) is 70.1 Å². The molecule has 0 N–H and O–H groups in total. The number of hydrogen-bond acceptors (Lipinski definition) is 4. The largest absolute Gasteiger partial charge is 0.617 e. The molecule has 0 atom stereocenters. The van der Waals surface area contributed by atoms with E-state index in [2.05, 4.69) is 12.6 Å². The van der Waals surface area contributed by atoms with Crippen molar-refractivity contribution >= 4 is 29.2 Å². The normalized spacial score (nSPS) is 10.5. The molecule has 0 aliphatic rings. The van der Waals surface area contributed by atoms with Gasteiger partial charge in [0.25, 0.3) is 5.69 Å². The summed E-state index contributed by atoms with van der Waals surface area (Å²) < 4.78 is 0.627. The summed E-state index contributed by atoms with van der Waals surface area (Å²) in [5, 5.41) is 22.8. The lowest BCUT2D eigenvalue weighted by Crippen LogP contribution is -2.28. The third-order valence-electron chi connectivity index (χ3n) is 2.06. The van der Waals surface area contributed by atoms with Gasteiger partial charge >= 0.3 is 0 Å². The van der Waals surface area contributed by atoms with Gasteiger partial charge < -0.3 is 5.21 Å². The van der Waals surface area contributed by atoms with Crippen molar-refractivity contribution in [3.05, 3.63) is 45.7 Å². The van der Waals surface area contributed by atoms with Crippen LogP contribution in [-0.2, 0) is 0 Å². The van der Waals surface area contributed by atoms with E-state index in [0.717, 1.165) is 0 Å². The van der Waals surface area contributed by atoms with E-state index in [4.69, 9.17) is 0 Å². The standard InChI is InChI=1S/C9H6N2O3S/c12-10-8-3-2-7(11(13)14)5-6(8)1-4-9(10)15/h1-5,15H. The summed E-state index contributed by atoms with van der Waals surface area (Å²) in [6.07, 6.45) is 0. The number of rotatable bonds is 1. The Kier molecular flexibility index (Phi) is 2.20. The molecule has 1 aromatic carbocycles. The second-order valence-electron chi connectivity index (χ2n) is 2.99. The summed E-state index contributed by atoms with van der Waals surface area (Å²) in [4.78, 5) is 10.0. The van der Waals surface area contributed by atoms with E-state index in [-0.39, 0.29) is 10.7 Å². The Morgan fingerprint density at radius 2 is 2.00 bits per heavy atom. The molecular weight excluding hydrogens is 216 g/mol. The van der Waals surface area contributed by atoms with Gasteiger partial charge in [-0.2, -0.15) is 4.73 Å². The molecule has 0 saturated heterocycles. The number of hydrogen-bond donors (Lipinski definition) is 1. The van der Waals surface area contributed by atoms with Crippen LogP contribution in [0.2, 0.25) is 0 Å². The van der Waals surface area contributed by atoms with Crippen LogP contribution in [0.5, 0.6) is 0 Å². The van der Waals surface area contributed by atoms with Gasteiger partial charge in [-0.25, -0.2) is 0 Å². The van der Waals surface area contributed by atoms with Gasteiger partial charge in [-0.3, -0.25) is 10.1 Å². The molecule has 0 aliphatic heterocycles. The van der Waals surface area contributed by atoms with Gasteiger partial charge in [0.2, 0.25) is 10.5 Å². The fraction of sp³-hybridized carbons (Fsp3) is 0. The zero-order chi connectivity index (χ0) is 11.0. The van der Waals surface area contributed by atoms with E-state index in [0.29, 0.717) is 15.6 Å². The second kappa shape index (κ2) is 3.39. The van der Waals surface area contributed by atoms with Crippen molar-refractivity contribution in [2.75, 3.05) is 0 Å². The van der Waals surface area contributed by atoms with Crippen LogP contribution in [0.1, 0.15) is 0 Å². The van der Waals surface area contributed by atoms with Crippen LogP contribution in [0.3, 0.4) is 0 Å². The molecule has 0 bridgehead atoms. The molecule has 0 saturated carbocycles. The van der Waals surface area contributed by atoms with E-state index in [1.807, 2.05) is 0 Å². The number of non-ortho nitro benzene ring substituents is 1. The minimum Gasteiger partial charge on any atom is -0.617 e. The molecule has 2 aromatic rings. The summed E-state index contributed by atoms with van der Waals surface area (Å²) in [7, 11) is 0. The average Bonchev–Trinajstić information content (AvgIpc) is 2.23. The molecule has 15 heavy (non-hydrogen) atoms. The van der Waals surface area contributed by atoms with E-state index in [1.165, 1.54) is 24.3 Å². The first-order chi connectivity index (χ1) is 7.09. The molecule has 0 aliphatic carbocycles. The SMILES string of the molecule is O=[N+]([O-])c1ccc2c(ccc(S)[n+]2[O-])c1. The molecule has 1 aromatic heterocycles. The maximum atomic E-state index is 11.5. The fourth-order valence-electron chi connectivity index (χ4n) is 1.33. The van der Waals surface area contributed by atoms with Crippen molar-refractivity contribution in [1.82, 2.24) is 0 Å². The fourth-order valence-corrected chi connectivity index (χ4v) is 1.51. The molecule has 0 amide bonds. The number of nitrogens with zero attached hydrogens (tertiary/aromatic N) is 2. The van der Waals surface area contributed by atoms with Crippen LogP contribution in [0.15, 0.2) is 35.4 Å². The molecule has 6 heteroatoms. The summed E-state index contributed by atoms with van der Waals surface area (Å²) >= 11 is 3.96. The maximum Gasteiger partial charge on any atom is 0.270 e. The molecular formula is C9H6N2O3S. The van der Waals surface area contributed by atoms with Gasteiger partial charge in [0.15, 0.2) is 0 Å². The Bertz CT molecular complexity index is 556. The van der Waals surface area contributed by atoms with Gasteiger partial charge in [0.05, 0.1) is 10.3 Å². The predicted molar refractivity (Wildman–Crippen MR) is 56.8 cm³/mol. The van der Waals surface area contributed by atoms with Crippen molar-refractivity contribution in [2.24, 2.45) is 0 Å². The van der Waals surface area contributed by atoms with Crippen LogP contribution >= 0.6 is 12.6 Å². The van der Waals surface area contributed by atoms with Crippen molar-refractivity contribution < 1.29 is 9.65 Å². The van der Waals surface area contributed by atoms with E-state index in [1.54, 1.807) is 6.07 Å². The monoisotopic (exact) mass is 222 g/mol. The minimum absolute atomic E-state index is 0.0329. The lowest BCUT2D eigenvalue weighted by molar-refractivity contribution is -0.617. The summed E-state index contributed by atoms with van der Waals surface area (Å²) in [5.74, 6) is 0. The zero-order valence-corrected chi connectivity index (χ0v) is 8.35. The summed E-state index contributed by atoms with van der Waals surface area (Å²) in [6.45, 7) is 0. The molecule has 0 radical (unpaired) electrons. The molecule has 1 heterocycles. The lowest BCUT2D eigenvalue weighted by atomic mass is 10.2. The molecule has 5 nitrogen and oxygen atoms in total. The van der Waals surface area contributed by atoms with Crippen LogP contribution in [-0.4, -0.2) is 4.92 Å². The van der Waals surface area contributed by atoms with Gasteiger partial charge in [-0.05, 0) is 6.07 Å². The number of benzene rings is 1. The summed E-state index contributed by atoms with van der Waals surface area (Å²) in [6, 6.07) is 7.20. The molecule has 2 rings (SSSR count). The first-order valence-corrected chi connectivity index (χ1v) is 4.54. The second-order valence-corrected chi connectivity index (χ2v) is 3.44. The van der Waals surface area contributed by atoms with Crippen LogP contribution in [0, 0.1) is 15.3 Å². The number of nitro groups is 1. The van der Waals surface area contributed by atoms with Crippen molar-refractivity contribution in [3.8, 4) is 0 Å². The molecule has 76 valence electrons. The summed E-state index contributed by atoms with van der Waals surface area (Å²) in [5.41, 5.74) is 0.336. The number of thiol groups is 1. The van der Waals surface area contributed by atoms with Crippen LogP contribution in [0.4, 0.5) is 5.69 Å². The quantitative estimate of drug-likeness (QED) is 0.262. The molecule has 0 spiro atoms. The van der Waals surface area contributed by atoms with Crippen molar-refractivity contribution in [3.63, 3.8) is 0 Å². The van der Waals surface area contributed by atoms with Gasteiger partial charge in [-0.15, -0.1) is 0 Å². The highest BCUT2D eigenvalue weighted by atomic mass is 32.1. The highest BCUT2D eigenvalue weighted by Gasteiger charge is 2.12. The van der Waals surface area contributed by atoms with Gasteiger partial charge in [-0.1, -0.05) is 12.6 Å². The highest BCUT2D eigenvalue weighted by molar-refractivity contribution is 7.80. The Morgan fingerprint density at radius 1 is 1.27 bits per heavy atom. The number of nitro benzene ring substituents is 1. The Labute approximate surface area is 90.1 Å².